The van der Waals surface area contributed by atoms with Crippen LogP contribution in [0.4, 0.5) is 0 Å². The number of rotatable bonds is 4. The van der Waals surface area contributed by atoms with Gasteiger partial charge in [0.05, 0.1) is 12.1 Å². The molecule has 0 radical (unpaired) electrons. The third-order valence-electron chi connectivity index (χ3n) is 5.52. The number of hydrogen-bond donors (Lipinski definition) is 0. The molecule has 1 saturated heterocycles. The van der Waals surface area contributed by atoms with Crippen molar-refractivity contribution < 1.29 is 0 Å². The van der Waals surface area contributed by atoms with Crippen LogP contribution in [-0.4, -0.2) is 63.2 Å². The lowest BCUT2D eigenvalue weighted by Crippen LogP contribution is -2.46. The first-order valence-electron chi connectivity index (χ1n) is 9.18. The lowest BCUT2D eigenvalue weighted by Gasteiger charge is -2.37. The zero-order valence-electron chi connectivity index (χ0n) is 14.7. The molecule has 2 heterocycles. The molecule has 1 aliphatic heterocycles. The molecular formula is C18H25ClN6. The fourth-order valence-electron chi connectivity index (χ4n) is 4.04. The average molecular weight is 361 g/mol. The fraction of sp³-hybridized carbons (Fsp3) is 0.611. The van der Waals surface area contributed by atoms with E-state index in [1.807, 2.05) is 12.1 Å². The molecule has 4 rings (SSSR count). The van der Waals surface area contributed by atoms with Crippen molar-refractivity contribution in [2.45, 2.75) is 37.8 Å². The van der Waals surface area contributed by atoms with Crippen LogP contribution in [0.2, 0.25) is 5.02 Å². The molecule has 0 N–H and O–H groups in total. The van der Waals surface area contributed by atoms with E-state index in [-0.39, 0.29) is 6.04 Å². The molecule has 25 heavy (non-hydrogen) atoms. The number of benzene rings is 1. The first-order valence-corrected chi connectivity index (χ1v) is 9.56. The molecule has 6 nitrogen and oxygen atoms in total. The number of halogens is 1. The maximum Gasteiger partial charge on any atom is 0.173 e. The smallest absolute Gasteiger partial charge is 0.173 e. The minimum Gasteiger partial charge on any atom is -0.304 e. The van der Waals surface area contributed by atoms with E-state index < -0.39 is 0 Å². The van der Waals surface area contributed by atoms with Crippen molar-refractivity contribution in [2.24, 2.45) is 0 Å². The number of aromatic nitrogens is 4. The van der Waals surface area contributed by atoms with Crippen LogP contribution >= 0.6 is 11.6 Å². The van der Waals surface area contributed by atoms with Gasteiger partial charge in [-0.05, 0) is 48.0 Å². The van der Waals surface area contributed by atoms with Gasteiger partial charge in [-0.2, -0.15) is 0 Å². The summed E-state index contributed by atoms with van der Waals surface area (Å²) in [5, 5.41) is 13.6. The van der Waals surface area contributed by atoms with E-state index >= 15 is 0 Å². The van der Waals surface area contributed by atoms with Crippen LogP contribution in [0.3, 0.4) is 0 Å². The maximum absolute atomic E-state index is 6.12. The number of tetrazole rings is 1. The molecule has 1 aliphatic carbocycles. The largest absolute Gasteiger partial charge is 0.304 e. The summed E-state index contributed by atoms with van der Waals surface area (Å²) in [5.74, 6) is 0.971. The summed E-state index contributed by atoms with van der Waals surface area (Å²) < 4.78 is 2.09. The van der Waals surface area contributed by atoms with Crippen molar-refractivity contribution in [2.75, 3.05) is 33.2 Å². The molecular weight excluding hydrogens is 336 g/mol. The molecule has 1 saturated carbocycles. The Morgan fingerprint density at radius 1 is 1.04 bits per heavy atom. The predicted octanol–water partition coefficient (Wildman–Crippen LogP) is 2.78. The molecule has 1 atom stereocenters. The number of hydrogen-bond acceptors (Lipinski definition) is 5. The van der Waals surface area contributed by atoms with Crippen molar-refractivity contribution in [3.8, 4) is 0 Å². The molecule has 0 bridgehead atoms. The molecule has 7 heteroatoms. The molecule has 1 aromatic carbocycles. The Morgan fingerprint density at radius 3 is 2.40 bits per heavy atom. The first-order chi connectivity index (χ1) is 12.2. The van der Waals surface area contributed by atoms with Gasteiger partial charge < -0.3 is 4.90 Å². The van der Waals surface area contributed by atoms with E-state index in [4.69, 9.17) is 11.6 Å². The molecule has 2 fully saturated rings. The highest BCUT2D eigenvalue weighted by atomic mass is 35.5. The Morgan fingerprint density at radius 2 is 1.72 bits per heavy atom. The SMILES string of the molecule is CN1CCN(C(c2ccc(Cl)cc2)c2nnnn2C2CCCC2)CC1. The molecule has 2 aliphatic rings. The third kappa shape index (κ3) is 3.57. The highest BCUT2D eigenvalue weighted by molar-refractivity contribution is 6.30. The van der Waals surface area contributed by atoms with E-state index in [1.54, 1.807) is 0 Å². The topological polar surface area (TPSA) is 50.1 Å². The quantitative estimate of drug-likeness (QED) is 0.839. The third-order valence-corrected chi connectivity index (χ3v) is 5.77. The summed E-state index contributed by atoms with van der Waals surface area (Å²) in [6, 6.07) is 8.67. The zero-order valence-corrected chi connectivity index (χ0v) is 15.4. The van der Waals surface area contributed by atoms with Gasteiger partial charge in [0.15, 0.2) is 5.82 Å². The minimum absolute atomic E-state index is 0.0848. The van der Waals surface area contributed by atoms with Crippen LogP contribution in [0.25, 0.3) is 0 Å². The monoisotopic (exact) mass is 360 g/mol. The van der Waals surface area contributed by atoms with E-state index in [2.05, 4.69) is 49.2 Å². The second kappa shape index (κ2) is 7.40. The van der Waals surface area contributed by atoms with Gasteiger partial charge in [-0.25, -0.2) is 4.68 Å². The maximum atomic E-state index is 6.12. The van der Waals surface area contributed by atoms with Gasteiger partial charge in [-0.15, -0.1) is 5.10 Å². The highest BCUT2D eigenvalue weighted by Crippen LogP contribution is 2.34. The molecule has 0 spiro atoms. The standard InChI is InChI=1S/C18H25ClN6/c1-23-10-12-24(13-11-23)17(14-6-8-15(19)9-7-14)18-20-21-22-25(18)16-4-2-3-5-16/h6-9,16-17H,2-5,10-13H2,1H3. The van der Waals surface area contributed by atoms with Crippen LogP contribution in [0, 0.1) is 0 Å². The van der Waals surface area contributed by atoms with Gasteiger partial charge >= 0.3 is 0 Å². The van der Waals surface area contributed by atoms with Crippen molar-refractivity contribution in [3.63, 3.8) is 0 Å². The van der Waals surface area contributed by atoms with Crippen LogP contribution < -0.4 is 0 Å². The Balaban J connectivity index is 1.70. The van der Waals surface area contributed by atoms with Crippen LogP contribution in [-0.2, 0) is 0 Å². The van der Waals surface area contributed by atoms with Crippen molar-refractivity contribution in [3.05, 3.63) is 40.7 Å². The number of piperazine rings is 1. The number of likely N-dealkylation sites (N-methyl/N-ethyl adjacent to an activating group) is 1. The Labute approximate surface area is 153 Å². The lowest BCUT2D eigenvalue weighted by molar-refractivity contribution is 0.120. The first kappa shape index (κ1) is 16.9. The number of nitrogens with zero attached hydrogens (tertiary/aromatic N) is 6. The van der Waals surface area contributed by atoms with Gasteiger partial charge in [-0.3, -0.25) is 4.90 Å². The van der Waals surface area contributed by atoms with Gasteiger partial charge in [0.2, 0.25) is 0 Å². The van der Waals surface area contributed by atoms with E-state index in [1.165, 1.54) is 31.2 Å². The minimum atomic E-state index is 0.0848. The van der Waals surface area contributed by atoms with Crippen molar-refractivity contribution >= 4 is 11.6 Å². The summed E-state index contributed by atoms with van der Waals surface area (Å²) in [6.45, 7) is 4.16. The summed E-state index contributed by atoms with van der Waals surface area (Å²) in [6.07, 6.45) is 4.89. The molecule has 1 unspecified atom stereocenters. The molecule has 1 aromatic heterocycles. The highest BCUT2D eigenvalue weighted by Gasteiger charge is 2.32. The summed E-state index contributed by atoms with van der Waals surface area (Å²) in [5.41, 5.74) is 1.21. The fourth-order valence-corrected chi connectivity index (χ4v) is 4.16. The Kier molecular flexibility index (Phi) is 5.01. The Hall–Kier alpha value is -1.50. The van der Waals surface area contributed by atoms with Crippen LogP contribution in [0.5, 0.6) is 0 Å². The van der Waals surface area contributed by atoms with E-state index in [9.17, 15) is 0 Å². The molecule has 2 aromatic rings. The van der Waals surface area contributed by atoms with Crippen LogP contribution in [0.1, 0.15) is 49.2 Å². The predicted molar refractivity (Wildman–Crippen MR) is 97.7 cm³/mol. The average Bonchev–Trinajstić information content (AvgIpc) is 3.30. The van der Waals surface area contributed by atoms with Gasteiger partial charge in [-0.1, -0.05) is 36.6 Å². The normalized spacial score (nSPS) is 21.7. The van der Waals surface area contributed by atoms with Gasteiger partial charge in [0.25, 0.3) is 0 Å². The Bertz CT molecular complexity index is 686. The van der Waals surface area contributed by atoms with Crippen molar-refractivity contribution in [1.29, 1.82) is 0 Å². The van der Waals surface area contributed by atoms with E-state index in [0.29, 0.717) is 6.04 Å². The van der Waals surface area contributed by atoms with Gasteiger partial charge in [0, 0.05) is 31.2 Å². The summed E-state index contributed by atoms with van der Waals surface area (Å²) in [4.78, 5) is 4.87. The molecule has 0 amide bonds. The molecule has 134 valence electrons. The van der Waals surface area contributed by atoms with Crippen molar-refractivity contribution in [1.82, 2.24) is 30.0 Å². The van der Waals surface area contributed by atoms with Gasteiger partial charge in [0.1, 0.15) is 0 Å². The second-order valence-electron chi connectivity index (χ2n) is 7.21. The zero-order chi connectivity index (χ0) is 17.2. The lowest BCUT2D eigenvalue weighted by atomic mass is 10.0. The van der Waals surface area contributed by atoms with E-state index in [0.717, 1.165) is 37.0 Å². The summed E-state index contributed by atoms with van der Waals surface area (Å²) in [7, 11) is 2.18. The second-order valence-corrected chi connectivity index (χ2v) is 7.65. The van der Waals surface area contributed by atoms with Crippen LogP contribution in [0.15, 0.2) is 24.3 Å². The summed E-state index contributed by atoms with van der Waals surface area (Å²) >= 11 is 6.12.